The van der Waals surface area contributed by atoms with Gasteiger partial charge in [0, 0.05) is 23.9 Å². The van der Waals surface area contributed by atoms with Crippen molar-refractivity contribution >= 4 is 45.1 Å². The van der Waals surface area contributed by atoms with Crippen LogP contribution in [0.25, 0.3) is 0 Å². The Morgan fingerprint density at radius 1 is 0.909 bits per heavy atom. The summed E-state index contributed by atoms with van der Waals surface area (Å²) in [5.41, 5.74) is 1.04. The predicted octanol–water partition coefficient (Wildman–Crippen LogP) is 0.853. The summed E-state index contributed by atoms with van der Waals surface area (Å²) in [6.07, 6.45) is 0. The zero-order chi connectivity index (χ0) is 24.6. The summed E-state index contributed by atoms with van der Waals surface area (Å²) in [4.78, 5) is 46.4. The Labute approximate surface area is 190 Å². The molecule has 2 aromatic rings. The van der Waals surface area contributed by atoms with E-state index >= 15 is 0 Å². The number of esters is 1. The van der Waals surface area contributed by atoms with Crippen LogP contribution in [0.1, 0.15) is 24.2 Å². The van der Waals surface area contributed by atoms with Crippen molar-refractivity contribution in [1.82, 2.24) is 10.0 Å². The average molecular weight is 477 g/mol. The molecule has 0 spiro atoms. The highest BCUT2D eigenvalue weighted by Gasteiger charge is 2.22. The van der Waals surface area contributed by atoms with Gasteiger partial charge in [-0.2, -0.15) is 4.72 Å². The summed E-state index contributed by atoms with van der Waals surface area (Å²) in [7, 11) is -2.78. The van der Waals surface area contributed by atoms with Crippen LogP contribution < -0.4 is 20.7 Å². The lowest BCUT2D eigenvalue weighted by molar-refractivity contribution is -0.139. The number of carbonyl (C=O) groups excluding carboxylic acids is 4. The first kappa shape index (κ1) is 25.5. The lowest BCUT2D eigenvalue weighted by atomic mass is 10.2. The molecule has 0 aliphatic carbocycles. The first-order chi connectivity index (χ1) is 15.5. The minimum atomic E-state index is -3.99. The molecule has 1 atom stereocenters. The standard InChI is InChI=1S/C21H24N4O7S/c1-13(25-33(30,31)18-10-8-16(9-11-18)23-14(2)26)20(28)24-17-6-4-15(5-7-17)21(29)22-12-19(27)32-3/h4-11,13,25H,12H2,1-3H3,(H,22,29)(H,23,26)(H,24,28)/t13-/m0/s1. The largest absolute Gasteiger partial charge is 0.468 e. The van der Waals surface area contributed by atoms with Crippen molar-refractivity contribution in [1.29, 1.82) is 0 Å². The van der Waals surface area contributed by atoms with E-state index in [1.165, 1.54) is 69.5 Å². The van der Waals surface area contributed by atoms with E-state index < -0.39 is 33.8 Å². The molecule has 0 aliphatic rings. The van der Waals surface area contributed by atoms with Gasteiger partial charge in [0.05, 0.1) is 18.0 Å². The van der Waals surface area contributed by atoms with E-state index in [9.17, 15) is 27.6 Å². The van der Waals surface area contributed by atoms with Gasteiger partial charge in [-0.05, 0) is 55.5 Å². The van der Waals surface area contributed by atoms with Gasteiger partial charge in [0.2, 0.25) is 21.8 Å². The van der Waals surface area contributed by atoms with Crippen LogP contribution in [0.3, 0.4) is 0 Å². The fourth-order valence-electron chi connectivity index (χ4n) is 2.56. The van der Waals surface area contributed by atoms with E-state index in [0.717, 1.165) is 0 Å². The number of methoxy groups -OCH3 is 1. The molecule has 0 fully saturated rings. The summed E-state index contributed by atoms with van der Waals surface area (Å²) in [5.74, 6) is -1.99. The molecule has 0 aliphatic heterocycles. The molecule has 0 saturated heterocycles. The van der Waals surface area contributed by atoms with E-state index in [2.05, 4.69) is 25.4 Å². The highest BCUT2D eigenvalue weighted by molar-refractivity contribution is 7.89. The molecule has 11 nitrogen and oxygen atoms in total. The highest BCUT2D eigenvalue weighted by atomic mass is 32.2. The second kappa shape index (κ2) is 11.2. The van der Waals surface area contributed by atoms with Crippen LogP contribution in [0.2, 0.25) is 0 Å². The number of nitrogens with one attached hydrogen (secondary N) is 4. The first-order valence-electron chi connectivity index (χ1n) is 9.67. The zero-order valence-electron chi connectivity index (χ0n) is 18.2. The molecule has 0 radical (unpaired) electrons. The van der Waals surface area contributed by atoms with Crippen LogP contribution in [0, 0.1) is 0 Å². The monoisotopic (exact) mass is 476 g/mol. The van der Waals surface area contributed by atoms with Gasteiger partial charge in [-0.1, -0.05) is 0 Å². The third-order valence-electron chi connectivity index (χ3n) is 4.25. The molecule has 3 amide bonds. The number of rotatable bonds is 9. The lowest BCUT2D eigenvalue weighted by Crippen LogP contribution is -2.41. The minimum Gasteiger partial charge on any atom is -0.468 e. The molecule has 4 N–H and O–H groups in total. The van der Waals surface area contributed by atoms with Crippen LogP contribution in [0.15, 0.2) is 53.4 Å². The quantitative estimate of drug-likeness (QED) is 0.390. The fraction of sp³-hybridized carbons (Fsp3) is 0.238. The van der Waals surface area contributed by atoms with Crippen LogP contribution >= 0.6 is 0 Å². The molecule has 0 heterocycles. The van der Waals surface area contributed by atoms with E-state index in [-0.39, 0.29) is 22.9 Å². The van der Waals surface area contributed by atoms with Gasteiger partial charge < -0.3 is 20.7 Å². The number of sulfonamides is 1. The number of anilines is 2. The molecule has 176 valence electrons. The van der Waals surface area contributed by atoms with E-state index in [0.29, 0.717) is 11.4 Å². The smallest absolute Gasteiger partial charge is 0.325 e. The van der Waals surface area contributed by atoms with Crippen molar-refractivity contribution < 1.29 is 32.3 Å². The molecular weight excluding hydrogens is 452 g/mol. The Bertz CT molecular complexity index is 1130. The average Bonchev–Trinajstić information content (AvgIpc) is 2.77. The summed E-state index contributed by atoms with van der Waals surface area (Å²) >= 11 is 0. The fourth-order valence-corrected chi connectivity index (χ4v) is 3.76. The highest BCUT2D eigenvalue weighted by Crippen LogP contribution is 2.15. The normalized spacial score (nSPS) is 11.7. The van der Waals surface area contributed by atoms with Gasteiger partial charge in [-0.3, -0.25) is 19.2 Å². The van der Waals surface area contributed by atoms with E-state index in [1.807, 2.05) is 0 Å². The van der Waals surface area contributed by atoms with E-state index in [4.69, 9.17) is 0 Å². The summed E-state index contributed by atoms with van der Waals surface area (Å²) in [6, 6.07) is 10.2. The molecule has 0 aromatic heterocycles. The Morgan fingerprint density at radius 2 is 1.45 bits per heavy atom. The number of benzene rings is 2. The zero-order valence-corrected chi connectivity index (χ0v) is 19.0. The Morgan fingerprint density at radius 3 is 2.00 bits per heavy atom. The molecule has 0 saturated carbocycles. The van der Waals surface area contributed by atoms with Gasteiger partial charge in [0.25, 0.3) is 5.91 Å². The van der Waals surface area contributed by atoms with Crippen molar-refractivity contribution in [3.8, 4) is 0 Å². The molecule has 0 bridgehead atoms. The maximum atomic E-state index is 12.5. The van der Waals surface area contributed by atoms with Gasteiger partial charge >= 0.3 is 5.97 Å². The van der Waals surface area contributed by atoms with Crippen molar-refractivity contribution in [3.63, 3.8) is 0 Å². The number of hydrogen-bond acceptors (Lipinski definition) is 7. The Kier molecular flexibility index (Phi) is 8.65. The summed E-state index contributed by atoms with van der Waals surface area (Å²) in [6.45, 7) is 2.44. The van der Waals surface area contributed by atoms with E-state index in [1.54, 1.807) is 0 Å². The Hall–Kier alpha value is -3.77. The summed E-state index contributed by atoms with van der Waals surface area (Å²) < 4.78 is 31.8. The number of carbonyl (C=O) groups is 4. The molecule has 2 rings (SSSR count). The second-order valence-electron chi connectivity index (χ2n) is 6.87. The van der Waals surface area contributed by atoms with Crippen LogP contribution in [-0.2, 0) is 29.1 Å². The number of ether oxygens (including phenoxy) is 1. The van der Waals surface area contributed by atoms with Crippen molar-refractivity contribution in [3.05, 3.63) is 54.1 Å². The van der Waals surface area contributed by atoms with Gasteiger partial charge in [0.15, 0.2) is 0 Å². The third kappa shape index (κ3) is 7.70. The summed E-state index contributed by atoms with van der Waals surface area (Å²) in [5, 5.41) is 7.47. The first-order valence-corrected chi connectivity index (χ1v) is 11.2. The molecule has 12 heteroatoms. The number of amides is 3. The Balaban J connectivity index is 1.96. The second-order valence-corrected chi connectivity index (χ2v) is 8.59. The maximum absolute atomic E-state index is 12.5. The van der Waals surface area contributed by atoms with Gasteiger partial charge in [0.1, 0.15) is 6.54 Å². The van der Waals surface area contributed by atoms with Gasteiger partial charge in [-0.25, -0.2) is 8.42 Å². The van der Waals surface area contributed by atoms with Crippen LogP contribution in [0.5, 0.6) is 0 Å². The predicted molar refractivity (Wildman–Crippen MR) is 120 cm³/mol. The van der Waals surface area contributed by atoms with Crippen LogP contribution in [-0.4, -0.2) is 51.8 Å². The lowest BCUT2D eigenvalue weighted by Gasteiger charge is -2.15. The number of hydrogen-bond donors (Lipinski definition) is 4. The van der Waals surface area contributed by atoms with Crippen molar-refractivity contribution in [2.24, 2.45) is 0 Å². The molecule has 0 unspecified atom stereocenters. The third-order valence-corrected chi connectivity index (χ3v) is 5.80. The molecule has 33 heavy (non-hydrogen) atoms. The topological polar surface area (TPSA) is 160 Å². The van der Waals surface area contributed by atoms with Crippen LogP contribution in [0.4, 0.5) is 11.4 Å². The SMILES string of the molecule is COC(=O)CNC(=O)c1ccc(NC(=O)[C@H](C)NS(=O)(=O)c2ccc(NC(C)=O)cc2)cc1. The minimum absolute atomic E-state index is 0.0708. The van der Waals surface area contributed by atoms with Gasteiger partial charge in [-0.15, -0.1) is 0 Å². The maximum Gasteiger partial charge on any atom is 0.325 e. The molecular formula is C21H24N4O7S. The van der Waals surface area contributed by atoms with Crippen molar-refractivity contribution in [2.75, 3.05) is 24.3 Å². The molecule has 2 aromatic carbocycles. The van der Waals surface area contributed by atoms with Crippen molar-refractivity contribution in [2.45, 2.75) is 24.8 Å².